The molecule has 5 rings (SSSR count). The number of nitrogens with one attached hydrogen (secondary N) is 2. The van der Waals surface area contributed by atoms with E-state index in [0.29, 0.717) is 37.4 Å². The molecule has 186 valence electrons. The van der Waals surface area contributed by atoms with Crippen molar-refractivity contribution >= 4 is 33.5 Å². The first-order valence-corrected chi connectivity index (χ1v) is 13.9. The Hall–Kier alpha value is -2.78. The fraction of sp³-hybridized carbons (Fsp3) is 0.462. The van der Waals surface area contributed by atoms with Gasteiger partial charge in [0.2, 0.25) is 15.9 Å². The predicted octanol–water partition coefficient (Wildman–Crippen LogP) is 4.75. The van der Waals surface area contributed by atoms with E-state index in [1.54, 1.807) is 12.1 Å². The zero-order valence-electron chi connectivity index (χ0n) is 19.6. The predicted molar refractivity (Wildman–Crippen MR) is 134 cm³/mol. The molecule has 2 fully saturated rings. The van der Waals surface area contributed by atoms with Crippen LogP contribution in [0, 0.1) is 17.7 Å². The molecule has 2 aromatic rings. The van der Waals surface area contributed by atoms with Crippen LogP contribution in [-0.2, 0) is 26.0 Å². The van der Waals surface area contributed by atoms with Gasteiger partial charge in [-0.05, 0) is 80.2 Å². The van der Waals surface area contributed by atoms with Gasteiger partial charge < -0.3 is 10.1 Å². The summed E-state index contributed by atoms with van der Waals surface area (Å²) in [5.74, 6) is -0.216. The number of amides is 1. The van der Waals surface area contributed by atoms with E-state index >= 15 is 4.39 Å². The Morgan fingerprint density at radius 3 is 2.69 bits per heavy atom. The Balaban J connectivity index is 1.42. The maximum absolute atomic E-state index is 15.1. The third-order valence-electron chi connectivity index (χ3n) is 6.75. The number of hydrogen-bond acceptors (Lipinski definition) is 5. The van der Waals surface area contributed by atoms with Crippen LogP contribution in [0.3, 0.4) is 0 Å². The lowest BCUT2D eigenvalue weighted by Crippen LogP contribution is -2.27. The summed E-state index contributed by atoms with van der Waals surface area (Å²) in [5.41, 5.74) is 3.05. The van der Waals surface area contributed by atoms with Crippen molar-refractivity contribution in [2.45, 2.75) is 44.9 Å². The second-order valence-corrected chi connectivity index (χ2v) is 11.4. The fourth-order valence-corrected chi connectivity index (χ4v) is 6.19. The molecule has 3 aliphatic rings. The molecule has 1 aromatic carbocycles. The highest BCUT2D eigenvalue weighted by Gasteiger charge is 2.30. The van der Waals surface area contributed by atoms with E-state index in [2.05, 4.69) is 21.1 Å². The van der Waals surface area contributed by atoms with Gasteiger partial charge in [-0.2, -0.15) is 0 Å². The Kier molecular flexibility index (Phi) is 6.88. The van der Waals surface area contributed by atoms with Gasteiger partial charge in [0, 0.05) is 24.7 Å². The number of ether oxygens (including phenoxy) is 1. The highest BCUT2D eigenvalue weighted by atomic mass is 32.2. The van der Waals surface area contributed by atoms with Gasteiger partial charge in [0.15, 0.2) is 0 Å². The number of pyridine rings is 1. The molecule has 0 radical (unpaired) electrons. The molecule has 1 aliphatic heterocycles. The second-order valence-electron chi connectivity index (χ2n) is 9.61. The quantitative estimate of drug-likeness (QED) is 0.573. The lowest BCUT2D eigenvalue weighted by molar-refractivity contribution is -0.117. The lowest BCUT2D eigenvalue weighted by Gasteiger charge is -2.22. The monoisotopic (exact) mass is 499 g/mol. The van der Waals surface area contributed by atoms with Crippen molar-refractivity contribution in [1.82, 2.24) is 4.98 Å². The number of aryl methyl sites for hydroxylation is 1. The second kappa shape index (κ2) is 10.1. The van der Waals surface area contributed by atoms with Crippen LogP contribution in [0.15, 0.2) is 30.3 Å². The first kappa shape index (κ1) is 23.9. The Morgan fingerprint density at radius 1 is 1.14 bits per heavy atom. The third kappa shape index (κ3) is 5.90. The molecule has 2 heterocycles. The number of nitrogens with zero attached hydrogens (tertiary/aromatic N) is 1. The number of benzene rings is 1. The first-order valence-electron chi connectivity index (χ1n) is 12.3. The number of hydrogen-bond donors (Lipinski definition) is 2. The minimum Gasteiger partial charge on any atom is -0.381 e. The molecule has 0 unspecified atom stereocenters. The molecular weight excluding hydrogens is 469 g/mol. The molecule has 1 aromatic heterocycles. The van der Waals surface area contributed by atoms with E-state index in [4.69, 9.17) is 4.74 Å². The van der Waals surface area contributed by atoms with Crippen molar-refractivity contribution < 1.29 is 22.3 Å². The van der Waals surface area contributed by atoms with Gasteiger partial charge in [0.1, 0.15) is 11.6 Å². The van der Waals surface area contributed by atoms with Crippen molar-refractivity contribution in [3.8, 4) is 11.1 Å². The summed E-state index contributed by atoms with van der Waals surface area (Å²) >= 11 is 0. The van der Waals surface area contributed by atoms with Crippen molar-refractivity contribution in [2.24, 2.45) is 11.8 Å². The number of rotatable bonds is 7. The number of allylic oxidation sites excluding steroid dienone is 1. The van der Waals surface area contributed by atoms with Crippen molar-refractivity contribution in [1.29, 1.82) is 0 Å². The summed E-state index contributed by atoms with van der Waals surface area (Å²) in [6.45, 7) is 1.11. The van der Waals surface area contributed by atoms with Crippen LogP contribution >= 0.6 is 0 Å². The first-order chi connectivity index (χ1) is 16.9. The normalized spacial score (nSPS) is 18.5. The van der Waals surface area contributed by atoms with E-state index in [9.17, 15) is 13.2 Å². The number of carbonyl (C=O) groups excluding carboxylic acids is 1. The Labute approximate surface area is 205 Å². The smallest absolute Gasteiger partial charge is 0.233 e. The highest BCUT2D eigenvalue weighted by molar-refractivity contribution is 7.92. The van der Waals surface area contributed by atoms with E-state index in [1.165, 1.54) is 12.1 Å². The standard InChI is InChI=1S/C26H30FN3O4S/c27-22-14-19(8-9-24(22)30-35(32,33)16-17-10-12-34-13-11-17)21-15-25(29-26(31)18-6-7-18)28-23-5-3-1-2-4-20(21)23/h2,4,8-9,14-15,17-18,30H,1,3,5-7,10-13,16H2,(H,28,29,31). The van der Waals surface area contributed by atoms with Gasteiger partial charge in [0.25, 0.3) is 0 Å². The fourth-order valence-electron chi connectivity index (χ4n) is 4.65. The molecule has 1 saturated carbocycles. The highest BCUT2D eigenvalue weighted by Crippen LogP contribution is 2.35. The molecule has 2 N–H and O–H groups in total. The summed E-state index contributed by atoms with van der Waals surface area (Å²) < 4.78 is 48.1. The topological polar surface area (TPSA) is 97.4 Å². The van der Waals surface area contributed by atoms with Gasteiger partial charge in [-0.25, -0.2) is 17.8 Å². The largest absolute Gasteiger partial charge is 0.381 e. The van der Waals surface area contributed by atoms with Crippen LogP contribution in [-0.4, -0.2) is 38.3 Å². The SMILES string of the molecule is O=C(Nc1cc(-c2ccc(NS(=O)(=O)CC3CCOCC3)c(F)c2)c2c(n1)CCCC=C2)C1CC1. The molecule has 1 amide bonds. The Morgan fingerprint density at radius 2 is 1.94 bits per heavy atom. The van der Waals surface area contributed by atoms with Gasteiger partial charge in [-0.1, -0.05) is 18.2 Å². The lowest BCUT2D eigenvalue weighted by atomic mass is 9.97. The minimum absolute atomic E-state index is 0.00641. The zero-order chi connectivity index (χ0) is 24.4. The number of fused-ring (bicyclic) bond motifs is 1. The average molecular weight is 500 g/mol. The van der Waals surface area contributed by atoms with Crippen LogP contribution < -0.4 is 10.0 Å². The van der Waals surface area contributed by atoms with Gasteiger partial charge in [-0.15, -0.1) is 0 Å². The van der Waals surface area contributed by atoms with Crippen LogP contribution in [0.5, 0.6) is 0 Å². The van der Waals surface area contributed by atoms with Crippen LogP contribution in [0.25, 0.3) is 17.2 Å². The third-order valence-corrected chi connectivity index (χ3v) is 8.19. The molecule has 0 spiro atoms. The summed E-state index contributed by atoms with van der Waals surface area (Å²) in [6, 6.07) is 6.28. The summed E-state index contributed by atoms with van der Waals surface area (Å²) in [5, 5.41) is 2.91. The molecule has 7 nitrogen and oxygen atoms in total. The van der Waals surface area contributed by atoms with Gasteiger partial charge >= 0.3 is 0 Å². The van der Waals surface area contributed by atoms with Crippen molar-refractivity contribution in [3.05, 3.63) is 47.4 Å². The van der Waals surface area contributed by atoms with E-state index in [0.717, 1.165) is 48.9 Å². The van der Waals surface area contributed by atoms with Crippen molar-refractivity contribution in [3.63, 3.8) is 0 Å². The number of sulfonamides is 1. The molecule has 2 aliphatic carbocycles. The van der Waals surface area contributed by atoms with E-state index in [1.807, 2.05) is 6.08 Å². The maximum atomic E-state index is 15.1. The number of aromatic nitrogens is 1. The van der Waals surface area contributed by atoms with Gasteiger partial charge in [-0.3, -0.25) is 9.52 Å². The minimum atomic E-state index is -3.69. The Bertz CT molecular complexity index is 1250. The van der Waals surface area contributed by atoms with Gasteiger partial charge in [0.05, 0.1) is 17.1 Å². The van der Waals surface area contributed by atoms with Crippen LogP contribution in [0.4, 0.5) is 15.9 Å². The summed E-state index contributed by atoms with van der Waals surface area (Å²) in [6.07, 6.45) is 9.85. The van der Waals surface area contributed by atoms with Crippen molar-refractivity contribution in [2.75, 3.05) is 29.0 Å². The average Bonchev–Trinajstić information content (AvgIpc) is 3.68. The molecule has 0 bridgehead atoms. The van der Waals surface area contributed by atoms with Crippen LogP contribution in [0.2, 0.25) is 0 Å². The zero-order valence-corrected chi connectivity index (χ0v) is 20.4. The van der Waals surface area contributed by atoms with E-state index in [-0.39, 0.29) is 29.2 Å². The number of carbonyl (C=O) groups is 1. The number of anilines is 2. The maximum Gasteiger partial charge on any atom is 0.233 e. The molecule has 1 saturated heterocycles. The van der Waals surface area contributed by atoms with Crippen LogP contribution in [0.1, 0.15) is 49.8 Å². The number of halogens is 1. The molecule has 9 heteroatoms. The summed E-state index contributed by atoms with van der Waals surface area (Å²) in [7, 11) is -3.69. The summed E-state index contributed by atoms with van der Waals surface area (Å²) in [4.78, 5) is 17.0. The molecule has 35 heavy (non-hydrogen) atoms. The van der Waals surface area contributed by atoms with E-state index < -0.39 is 15.8 Å². The molecule has 0 atom stereocenters. The molecular formula is C26H30FN3O4S.